The molecule has 0 saturated carbocycles. The van der Waals surface area contributed by atoms with Crippen molar-refractivity contribution in [2.45, 2.75) is 9.79 Å². The largest absolute Gasteiger partial charge is 0.478 e. The average Bonchev–Trinajstić information content (AvgIpc) is 2.54. The van der Waals surface area contributed by atoms with E-state index < -0.39 is 53.1 Å². The van der Waals surface area contributed by atoms with Crippen molar-refractivity contribution in [2.24, 2.45) is 0 Å². The second-order valence-corrected chi connectivity index (χ2v) is 7.82. The van der Waals surface area contributed by atoms with Gasteiger partial charge in [-0.25, -0.2) is 9.59 Å². The predicted molar refractivity (Wildman–Crippen MR) is 82.3 cm³/mol. The van der Waals surface area contributed by atoms with E-state index in [1.54, 1.807) is 0 Å². The molecule has 0 fully saturated rings. The van der Waals surface area contributed by atoms with E-state index in [1.807, 2.05) is 0 Å². The van der Waals surface area contributed by atoms with Crippen molar-refractivity contribution in [3.05, 3.63) is 59.7 Å². The summed E-state index contributed by atoms with van der Waals surface area (Å²) in [5.41, 5.74) is -1.38. The zero-order valence-electron chi connectivity index (χ0n) is 12.2. The summed E-state index contributed by atoms with van der Waals surface area (Å²) < 4.78 is 53.1. The molecule has 0 unspecified atom stereocenters. The predicted octanol–water partition coefficient (Wildman–Crippen LogP) is 1.18. The van der Waals surface area contributed by atoms with E-state index in [0.717, 1.165) is 24.3 Å². The zero-order valence-corrected chi connectivity index (χ0v) is 13.8. The highest BCUT2D eigenvalue weighted by Gasteiger charge is 2.32. The minimum Gasteiger partial charge on any atom is -0.478 e. The first-order valence-electron chi connectivity index (χ1n) is 6.42. The fourth-order valence-electron chi connectivity index (χ4n) is 1.91. The van der Waals surface area contributed by atoms with Crippen molar-refractivity contribution < 1.29 is 40.3 Å². The standard InChI is InChI=1S/C14H10O9S2/c15-13(16)9-5-1-3-7-11(9)24(19,20)23-25(21,22)12-8-4-2-6-10(12)14(17)18/h1-8H,(H,15,16)(H,17,18). The van der Waals surface area contributed by atoms with Gasteiger partial charge in [0.1, 0.15) is 9.79 Å². The molecular weight excluding hydrogens is 376 g/mol. The van der Waals surface area contributed by atoms with Crippen LogP contribution in [-0.2, 0) is 23.9 Å². The van der Waals surface area contributed by atoms with Gasteiger partial charge in [0.05, 0.1) is 11.1 Å². The maximum atomic E-state index is 12.2. The van der Waals surface area contributed by atoms with Gasteiger partial charge in [-0.05, 0) is 24.3 Å². The van der Waals surface area contributed by atoms with Crippen molar-refractivity contribution in [1.82, 2.24) is 0 Å². The van der Waals surface area contributed by atoms with Crippen molar-refractivity contribution in [2.75, 3.05) is 0 Å². The third-order valence-electron chi connectivity index (χ3n) is 2.95. The molecule has 0 amide bonds. The van der Waals surface area contributed by atoms with Crippen LogP contribution in [0.5, 0.6) is 0 Å². The molecule has 0 heterocycles. The van der Waals surface area contributed by atoms with E-state index in [2.05, 4.69) is 3.63 Å². The highest BCUT2D eigenvalue weighted by molar-refractivity contribution is 8.00. The Labute approximate surface area is 142 Å². The fraction of sp³-hybridized carbons (Fsp3) is 0. The van der Waals surface area contributed by atoms with E-state index in [4.69, 9.17) is 10.2 Å². The number of hydrogen-bond donors (Lipinski definition) is 2. The first-order chi connectivity index (χ1) is 11.6. The third kappa shape index (κ3) is 3.84. The van der Waals surface area contributed by atoms with Gasteiger partial charge in [0.25, 0.3) is 0 Å². The van der Waals surface area contributed by atoms with Gasteiger partial charge in [-0.1, -0.05) is 24.3 Å². The first-order valence-corrected chi connectivity index (χ1v) is 9.23. The molecule has 2 N–H and O–H groups in total. The lowest BCUT2D eigenvalue weighted by Crippen LogP contribution is -2.18. The Morgan fingerprint density at radius 1 is 0.680 bits per heavy atom. The average molecular weight is 386 g/mol. The van der Waals surface area contributed by atoms with E-state index in [0.29, 0.717) is 0 Å². The molecule has 11 heteroatoms. The number of carboxylic acid groups (broad SMARTS) is 2. The molecule has 0 aromatic heterocycles. The molecule has 0 bridgehead atoms. The molecule has 25 heavy (non-hydrogen) atoms. The minimum absolute atomic E-state index is 0.691. The SMILES string of the molecule is O=C(O)c1ccccc1S(=O)(=O)OS(=O)(=O)c1ccccc1C(=O)O. The van der Waals surface area contributed by atoms with Gasteiger partial charge < -0.3 is 10.2 Å². The molecule has 0 spiro atoms. The minimum atomic E-state index is -5.05. The topological polar surface area (TPSA) is 152 Å². The lowest BCUT2D eigenvalue weighted by atomic mass is 10.2. The summed E-state index contributed by atoms with van der Waals surface area (Å²) in [4.78, 5) is 20.4. The molecule has 2 aromatic rings. The normalized spacial score (nSPS) is 11.8. The summed E-state index contributed by atoms with van der Waals surface area (Å²) >= 11 is 0. The summed E-state index contributed by atoms with van der Waals surface area (Å²) in [5.74, 6) is -3.21. The molecule has 9 nitrogen and oxygen atoms in total. The van der Waals surface area contributed by atoms with Crippen LogP contribution in [-0.4, -0.2) is 39.0 Å². The van der Waals surface area contributed by atoms with Crippen LogP contribution < -0.4 is 0 Å². The van der Waals surface area contributed by atoms with Crippen LogP contribution in [0.1, 0.15) is 20.7 Å². The maximum absolute atomic E-state index is 12.2. The first kappa shape index (κ1) is 18.6. The van der Waals surface area contributed by atoms with Crippen LogP contribution in [0.25, 0.3) is 0 Å². The van der Waals surface area contributed by atoms with Crippen molar-refractivity contribution in [3.63, 3.8) is 0 Å². The Balaban J connectivity index is 2.56. The maximum Gasteiger partial charge on any atom is 0.337 e. The van der Waals surface area contributed by atoms with Gasteiger partial charge in [-0.15, -0.1) is 3.63 Å². The van der Waals surface area contributed by atoms with Crippen LogP contribution in [0.3, 0.4) is 0 Å². The molecule has 0 saturated heterocycles. The van der Waals surface area contributed by atoms with Crippen LogP contribution >= 0.6 is 0 Å². The molecule has 0 aliphatic rings. The van der Waals surface area contributed by atoms with Gasteiger partial charge in [-0.2, -0.15) is 16.8 Å². The Morgan fingerprint density at radius 3 is 1.32 bits per heavy atom. The molecule has 0 aliphatic heterocycles. The quantitative estimate of drug-likeness (QED) is 0.745. The van der Waals surface area contributed by atoms with Gasteiger partial charge in [-0.3, -0.25) is 0 Å². The smallest absolute Gasteiger partial charge is 0.337 e. The lowest BCUT2D eigenvalue weighted by molar-refractivity contribution is 0.0682. The summed E-state index contributed by atoms with van der Waals surface area (Å²) in [6.45, 7) is 0. The molecule has 2 aromatic carbocycles. The van der Waals surface area contributed by atoms with Gasteiger partial charge in [0, 0.05) is 0 Å². The van der Waals surface area contributed by atoms with Crippen LogP contribution in [0.15, 0.2) is 58.3 Å². The van der Waals surface area contributed by atoms with E-state index in [-0.39, 0.29) is 0 Å². The third-order valence-corrected chi connectivity index (χ3v) is 6.18. The van der Waals surface area contributed by atoms with Crippen LogP contribution in [0.4, 0.5) is 0 Å². The van der Waals surface area contributed by atoms with Crippen LogP contribution in [0.2, 0.25) is 0 Å². The second-order valence-electron chi connectivity index (χ2n) is 4.58. The molecule has 132 valence electrons. The van der Waals surface area contributed by atoms with Gasteiger partial charge in [0.15, 0.2) is 0 Å². The monoisotopic (exact) mass is 386 g/mol. The number of rotatable bonds is 6. The fourth-order valence-corrected chi connectivity index (χ4v) is 4.78. The van der Waals surface area contributed by atoms with Crippen molar-refractivity contribution >= 4 is 32.2 Å². The highest BCUT2D eigenvalue weighted by Crippen LogP contribution is 2.25. The Bertz CT molecular complexity index is 968. The summed E-state index contributed by atoms with van der Waals surface area (Å²) in [6.07, 6.45) is 0. The molecule has 0 atom stereocenters. The van der Waals surface area contributed by atoms with Gasteiger partial charge >= 0.3 is 32.2 Å². The number of carboxylic acids is 2. The zero-order chi connectivity index (χ0) is 18.8. The van der Waals surface area contributed by atoms with Crippen LogP contribution in [0, 0.1) is 0 Å². The number of benzene rings is 2. The number of hydrogen-bond acceptors (Lipinski definition) is 7. The Hall–Kier alpha value is -2.76. The molecule has 0 aliphatic carbocycles. The number of aromatic carboxylic acids is 2. The molecule has 2 rings (SSSR count). The lowest BCUT2D eigenvalue weighted by Gasteiger charge is -2.10. The van der Waals surface area contributed by atoms with E-state index in [9.17, 15) is 26.4 Å². The Morgan fingerprint density at radius 2 is 1.00 bits per heavy atom. The summed E-state index contributed by atoms with van der Waals surface area (Å²) in [6, 6.07) is 8.48. The van der Waals surface area contributed by atoms with Crippen molar-refractivity contribution in [1.29, 1.82) is 0 Å². The highest BCUT2D eigenvalue weighted by atomic mass is 32.3. The van der Waals surface area contributed by atoms with E-state index in [1.165, 1.54) is 24.3 Å². The van der Waals surface area contributed by atoms with E-state index >= 15 is 0 Å². The van der Waals surface area contributed by atoms with Gasteiger partial charge in [0.2, 0.25) is 0 Å². The number of carbonyl (C=O) groups is 2. The van der Waals surface area contributed by atoms with Crippen molar-refractivity contribution in [3.8, 4) is 0 Å². The second kappa shape index (κ2) is 6.63. The molecule has 0 radical (unpaired) electrons. The summed E-state index contributed by atoms with van der Waals surface area (Å²) in [5, 5.41) is 18.0. The Kier molecular flexibility index (Phi) is 4.92. The molecular formula is C14H10O9S2. The summed E-state index contributed by atoms with van der Waals surface area (Å²) in [7, 11) is -10.1.